The van der Waals surface area contributed by atoms with Crippen LogP contribution in [0.2, 0.25) is 0 Å². The van der Waals surface area contributed by atoms with E-state index in [9.17, 15) is 10.2 Å². The average Bonchev–Trinajstić information content (AvgIpc) is 2.30. The van der Waals surface area contributed by atoms with Crippen molar-refractivity contribution in [3.63, 3.8) is 0 Å². The Morgan fingerprint density at radius 3 is 2.41 bits per heavy atom. The molecule has 0 amide bonds. The minimum atomic E-state index is 0.0732. The highest BCUT2D eigenvalue weighted by Gasteiger charge is 1.99. The third-order valence-corrected chi connectivity index (χ3v) is 2.12. The van der Waals surface area contributed by atoms with E-state index in [2.05, 4.69) is 10.2 Å². The fraction of sp³-hybridized carbons (Fsp3) is 0. The van der Waals surface area contributed by atoms with Gasteiger partial charge in [-0.1, -0.05) is 6.07 Å². The van der Waals surface area contributed by atoms with Crippen molar-refractivity contribution in [2.24, 2.45) is 10.2 Å². The van der Waals surface area contributed by atoms with E-state index in [0.717, 1.165) is 0 Å². The molecule has 0 bridgehead atoms. The van der Waals surface area contributed by atoms with Gasteiger partial charge in [0.1, 0.15) is 17.2 Å². The maximum atomic E-state index is 9.28. The second kappa shape index (κ2) is 4.52. The number of nitrogens with two attached hydrogens (primary N) is 1. The lowest BCUT2D eigenvalue weighted by Crippen LogP contribution is -1.83. The minimum absolute atomic E-state index is 0.0732. The number of nitrogens with zero attached hydrogens (tertiary/aromatic N) is 2. The molecule has 0 heterocycles. The molecule has 0 aliphatic rings. The Kier molecular flexibility index (Phi) is 2.91. The predicted molar refractivity (Wildman–Crippen MR) is 64.8 cm³/mol. The van der Waals surface area contributed by atoms with Gasteiger partial charge in [0.2, 0.25) is 0 Å². The molecule has 86 valence electrons. The predicted octanol–water partition coefficient (Wildman–Crippen LogP) is 3.10. The van der Waals surface area contributed by atoms with Gasteiger partial charge in [-0.05, 0) is 24.3 Å². The molecule has 0 saturated heterocycles. The second-order valence-corrected chi connectivity index (χ2v) is 3.46. The number of phenolic OH excluding ortho intramolecular Hbond substituents is 2. The van der Waals surface area contributed by atoms with Crippen molar-refractivity contribution >= 4 is 17.1 Å². The Balaban J connectivity index is 2.29. The monoisotopic (exact) mass is 229 g/mol. The third-order valence-electron chi connectivity index (χ3n) is 2.12. The number of azo groups is 1. The van der Waals surface area contributed by atoms with Gasteiger partial charge in [-0.15, -0.1) is 5.11 Å². The summed E-state index contributed by atoms with van der Waals surface area (Å²) in [6.45, 7) is 0. The van der Waals surface area contributed by atoms with Crippen LogP contribution in [0.1, 0.15) is 0 Å². The first kappa shape index (κ1) is 10.9. The summed E-state index contributed by atoms with van der Waals surface area (Å²) in [5.74, 6) is 0.189. The Bertz CT molecular complexity index is 567. The molecule has 0 radical (unpaired) electrons. The van der Waals surface area contributed by atoms with E-state index in [-0.39, 0.29) is 11.5 Å². The summed E-state index contributed by atoms with van der Waals surface area (Å²) in [6, 6.07) is 10.8. The van der Waals surface area contributed by atoms with Crippen molar-refractivity contribution in [1.29, 1.82) is 0 Å². The average molecular weight is 229 g/mol. The lowest BCUT2D eigenvalue weighted by atomic mass is 10.2. The Labute approximate surface area is 97.9 Å². The molecule has 5 heteroatoms. The van der Waals surface area contributed by atoms with Crippen LogP contribution in [-0.4, -0.2) is 10.2 Å². The van der Waals surface area contributed by atoms with Gasteiger partial charge in [0.25, 0.3) is 0 Å². The SMILES string of the molecule is Nc1ccc(O)cc1N=Nc1cccc(O)c1. The topological polar surface area (TPSA) is 91.2 Å². The Morgan fingerprint density at radius 2 is 1.65 bits per heavy atom. The van der Waals surface area contributed by atoms with Gasteiger partial charge in [-0.3, -0.25) is 0 Å². The fourth-order valence-electron chi connectivity index (χ4n) is 1.29. The first-order chi connectivity index (χ1) is 8.15. The molecule has 17 heavy (non-hydrogen) atoms. The van der Waals surface area contributed by atoms with Crippen LogP contribution in [0.25, 0.3) is 0 Å². The van der Waals surface area contributed by atoms with Crippen molar-refractivity contribution in [2.75, 3.05) is 5.73 Å². The molecule has 0 unspecified atom stereocenters. The molecule has 2 aromatic rings. The fourth-order valence-corrected chi connectivity index (χ4v) is 1.29. The highest BCUT2D eigenvalue weighted by molar-refractivity contribution is 5.64. The molecule has 4 N–H and O–H groups in total. The van der Waals surface area contributed by atoms with E-state index < -0.39 is 0 Å². The molecule has 2 rings (SSSR count). The van der Waals surface area contributed by atoms with Crippen LogP contribution in [0.15, 0.2) is 52.7 Å². The summed E-state index contributed by atoms with van der Waals surface area (Å²) in [7, 11) is 0. The molecule has 0 aliphatic heterocycles. The third kappa shape index (κ3) is 2.72. The number of hydrogen-bond donors (Lipinski definition) is 3. The van der Waals surface area contributed by atoms with Crippen LogP contribution in [0, 0.1) is 0 Å². The second-order valence-electron chi connectivity index (χ2n) is 3.46. The van der Waals surface area contributed by atoms with Crippen LogP contribution in [0.4, 0.5) is 17.1 Å². The minimum Gasteiger partial charge on any atom is -0.508 e. The molecule has 0 saturated carbocycles. The lowest BCUT2D eigenvalue weighted by molar-refractivity contribution is 0.474. The van der Waals surface area contributed by atoms with Gasteiger partial charge in [0, 0.05) is 12.1 Å². The quantitative estimate of drug-likeness (QED) is 0.419. The van der Waals surface area contributed by atoms with Crippen LogP contribution in [0.5, 0.6) is 11.5 Å². The molecular weight excluding hydrogens is 218 g/mol. The summed E-state index contributed by atoms with van der Waals surface area (Å²) < 4.78 is 0. The number of benzene rings is 2. The number of aromatic hydroxyl groups is 2. The number of anilines is 1. The number of hydrogen-bond acceptors (Lipinski definition) is 5. The zero-order valence-corrected chi connectivity index (χ0v) is 8.91. The largest absolute Gasteiger partial charge is 0.508 e. The molecular formula is C12H11N3O2. The standard InChI is InChI=1S/C12H11N3O2/c13-11-5-4-10(17)7-12(11)15-14-8-2-1-3-9(16)6-8/h1-7,16-17H,13H2. The summed E-state index contributed by atoms with van der Waals surface area (Å²) in [5, 5.41) is 26.3. The Morgan fingerprint density at radius 1 is 0.882 bits per heavy atom. The Hall–Kier alpha value is -2.56. The van der Waals surface area contributed by atoms with Gasteiger partial charge < -0.3 is 15.9 Å². The summed E-state index contributed by atoms with van der Waals surface area (Å²) in [4.78, 5) is 0. The van der Waals surface area contributed by atoms with Crippen LogP contribution in [-0.2, 0) is 0 Å². The number of phenols is 2. The van der Waals surface area contributed by atoms with Gasteiger partial charge >= 0.3 is 0 Å². The van der Waals surface area contributed by atoms with E-state index >= 15 is 0 Å². The van der Waals surface area contributed by atoms with Crippen LogP contribution in [0.3, 0.4) is 0 Å². The van der Waals surface area contributed by atoms with Crippen molar-refractivity contribution in [1.82, 2.24) is 0 Å². The van der Waals surface area contributed by atoms with Crippen molar-refractivity contribution in [2.45, 2.75) is 0 Å². The molecule has 0 spiro atoms. The highest BCUT2D eigenvalue weighted by atomic mass is 16.3. The molecule has 2 aromatic carbocycles. The number of rotatable bonds is 2. The molecule has 0 aliphatic carbocycles. The van der Waals surface area contributed by atoms with E-state index in [0.29, 0.717) is 17.1 Å². The molecule has 0 fully saturated rings. The number of nitrogen functional groups attached to an aromatic ring is 1. The molecule has 5 nitrogen and oxygen atoms in total. The zero-order chi connectivity index (χ0) is 12.3. The van der Waals surface area contributed by atoms with Gasteiger partial charge in [-0.25, -0.2) is 0 Å². The summed E-state index contributed by atoms with van der Waals surface area (Å²) >= 11 is 0. The summed E-state index contributed by atoms with van der Waals surface area (Å²) in [5.41, 5.74) is 6.98. The first-order valence-corrected chi connectivity index (χ1v) is 4.94. The smallest absolute Gasteiger partial charge is 0.117 e. The summed E-state index contributed by atoms with van der Waals surface area (Å²) in [6.07, 6.45) is 0. The zero-order valence-electron chi connectivity index (χ0n) is 8.91. The molecule has 0 aromatic heterocycles. The normalized spacial score (nSPS) is 10.8. The first-order valence-electron chi connectivity index (χ1n) is 4.94. The van der Waals surface area contributed by atoms with Gasteiger partial charge in [-0.2, -0.15) is 5.11 Å². The van der Waals surface area contributed by atoms with Crippen molar-refractivity contribution in [3.05, 3.63) is 42.5 Å². The van der Waals surface area contributed by atoms with Crippen molar-refractivity contribution in [3.8, 4) is 11.5 Å². The van der Waals surface area contributed by atoms with Gasteiger partial charge in [0.15, 0.2) is 0 Å². The van der Waals surface area contributed by atoms with E-state index in [1.807, 2.05) is 0 Å². The van der Waals surface area contributed by atoms with Crippen LogP contribution >= 0.6 is 0 Å². The van der Waals surface area contributed by atoms with E-state index in [1.54, 1.807) is 24.3 Å². The molecule has 0 atom stereocenters. The van der Waals surface area contributed by atoms with Crippen molar-refractivity contribution < 1.29 is 10.2 Å². The van der Waals surface area contributed by atoms with E-state index in [1.165, 1.54) is 18.2 Å². The van der Waals surface area contributed by atoms with Gasteiger partial charge in [0.05, 0.1) is 11.4 Å². The van der Waals surface area contributed by atoms with Crippen LogP contribution < -0.4 is 5.73 Å². The highest BCUT2D eigenvalue weighted by Crippen LogP contribution is 2.28. The van der Waals surface area contributed by atoms with E-state index in [4.69, 9.17) is 5.73 Å². The maximum Gasteiger partial charge on any atom is 0.117 e. The lowest BCUT2D eigenvalue weighted by Gasteiger charge is -1.99. The maximum absolute atomic E-state index is 9.28.